The van der Waals surface area contributed by atoms with Crippen LogP contribution >= 0.6 is 22.9 Å². The molecule has 0 aliphatic rings. The van der Waals surface area contributed by atoms with Crippen molar-refractivity contribution in [3.63, 3.8) is 0 Å². The van der Waals surface area contributed by atoms with Crippen molar-refractivity contribution in [2.75, 3.05) is 5.32 Å². The van der Waals surface area contributed by atoms with Crippen molar-refractivity contribution in [3.05, 3.63) is 44.9 Å². The fourth-order valence-corrected chi connectivity index (χ4v) is 2.21. The predicted molar refractivity (Wildman–Crippen MR) is 71.0 cm³/mol. The van der Waals surface area contributed by atoms with Gasteiger partial charge >= 0.3 is 0 Å². The van der Waals surface area contributed by atoms with Crippen molar-refractivity contribution in [3.8, 4) is 6.07 Å². The lowest BCUT2D eigenvalue weighted by molar-refractivity contribution is 0.103. The van der Waals surface area contributed by atoms with E-state index in [0.29, 0.717) is 21.2 Å². The van der Waals surface area contributed by atoms with Crippen LogP contribution in [0.5, 0.6) is 0 Å². The quantitative estimate of drug-likeness (QED) is 0.916. The molecule has 2 rings (SSSR count). The number of nitrogens with one attached hydrogen (secondary N) is 1. The average Bonchev–Trinajstić information content (AvgIpc) is 2.76. The molecule has 0 aliphatic heterocycles. The molecule has 0 saturated heterocycles. The lowest BCUT2D eigenvalue weighted by Crippen LogP contribution is -2.11. The smallest absolute Gasteiger partial charge is 0.267 e. The highest BCUT2D eigenvalue weighted by atomic mass is 35.5. The third-order valence-electron chi connectivity index (χ3n) is 2.20. The number of nitrogens with zero attached hydrogens (tertiary/aromatic N) is 2. The van der Waals surface area contributed by atoms with Crippen LogP contribution in [-0.2, 0) is 0 Å². The molecule has 0 aliphatic carbocycles. The molecule has 0 atom stereocenters. The summed E-state index contributed by atoms with van der Waals surface area (Å²) in [7, 11) is 0. The highest BCUT2D eigenvalue weighted by molar-refractivity contribution is 7.13. The normalized spacial score (nSPS) is 9.83. The minimum Gasteiger partial charge on any atom is -0.320 e. The zero-order valence-corrected chi connectivity index (χ0v) is 11.0. The van der Waals surface area contributed by atoms with Crippen molar-refractivity contribution in [2.45, 2.75) is 6.92 Å². The highest BCUT2D eigenvalue weighted by Gasteiger charge is 2.12. The van der Waals surface area contributed by atoms with E-state index in [-0.39, 0.29) is 5.91 Å². The summed E-state index contributed by atoms with van der Waals surface area (Å²) in [5.74, 6) is -0.292. The fourth-order valence-electron chi connectivity index (χ4n) is 1.37. The summed E-state index contributed by atoms with van der Waals surface area (Å²) in [5.41, 5.74) is 0.773. The Bertz CT molecular complexity index is 645. The van der Waals surface area contributed by atoms with Gasteiger partial charge < -0.3 is 5.32 Å². The Morgan fingerprint density at radius 1 is 1.56 bits per heavy atom. The number of amides is 1. The molecule has 90 valence electrons. The molecule has 0 unspecified atom stereocenters. The van der Waals surface area contributed by atoms with Crippen molar-refractivity contribution >= 4 is 34.5 Å². The highest BCUT2D eigenvalue weighted by Crippen LogP contribution is 2.22. The molecule has 4 nitrogen and oxygen atoms in total. The first-order chi connectivity index (χ1) is 8.60. The van der Waals surface area contributed by atoms with Gasteiger partial charge in [0.05, 0.1) is 22.5 Å². The van der Waals surface area contributed by atoms with Crippen LogP contribution in [0.3, 0.4) is 0 Å². The Labute approximate surface area is 113 Å². The van der Waals surface area contributed by atoms with E-state index in [2.05, 4.69) is 10.3 Å². The number of carbonyl (C=O) groups excluding carboxylic acids is 1. The van der Waals surface area contributed by atoms with E-state index in [1.54, 1.807) is 18.2 Å². The molecule has 1 amide bonds. The van der Waals surface area contributed by atoms with E-state index in [1.807, 2.05) is 13.0 Å². The van der Waals surface area contributed by atoms with Gasteiger partial charge in [-0.25, -0.2) is 4.98 Å². The fraction of sp³-hybridized carbons (Fsp3) is 0.0833. The molecule has 0 spiro atoms. The maximum atomic E-state index is 11.9. The van der Waals surface area contributed by atoms with Gasteiger partial charge in [-0.05, 0) is 25.1 Å². The van der Waals surface area contributed by atoms with Gasteiger partial charge in [-0.15, -0.1) is 11.3 Å². The van der Waals surface area contributed by atoms with Crippen molar-refractivity contribution in [2.24, 2.45) is 0 Å². The molecule has 2 aromatic rings. The number of halogens is 1. The number of anilines is 1. The number of hydrogen-bond acceptors (Lipinski definition) is 4. The van der Waals surface area contributed by atoms with Gasteiger partial charge in [-0.3, -0.25) is 4.79 Å². The van der Waals surface area contributed by atoms with Crippen molar-refractivity contribution in [1.29, 1.82) is 5.26 Å². The maximum absolute atomic E-state index is 11.9. The summed E-state index contributed by atoms with van der Waals surface area (Å²) in [6, 6.07) is 6.72. The molecule has 1 aromatic carbocycles. The van der Waals surface area contributed by atoms with Crippen molar-refractivity contribution in [1.82, 2.24) is 4.98 Å². The number of rotatable bonds is 2. The van der Waals surface area contributed by atoms with Gasteiger partial charge in [0, 0.05) is 5.02 Å². The summed E-state index contributed by atoms with van der Waals surface area (Å²) in [4.78, 5) is 16.4. The number of aryl methyl sites for hydroxylation is 1. The molecule has 18 heavy (non-hydrogen) atoms. The second-order valence-corrected chi connectivity index (χ2v) is 5.17. The topological polar surface area (TPSA) is 65.8 Å². The van der Waals surface area contributed by atoms with Crippen LogP contribution in [0, 0.1) is 18.3 Å². The molecule has 1 heterocycles. The van der Waals surface area contributed by atoms with Crippen LogP contribution in [0.1, 0.15) is 20.2 Å². The van der Waals surface area contributed by atoms with E-state index in [4.69, 9.17) is 16.9 Å². The Morgan fingerprint density at radius 2 is 2.33 bits per heavy atom. The molecule has 0 radical (unpaired) electrons. The molecular formula is C12H8ClN3OS. The maximum Gasteiger partial charge on any atom is 0.267 e. The number of aromatic nitrogens is 1. The number of thiazole rings is 1. The van der Waals surface area contributed by atoms with E-state index in [9.17, 15) is 4.79 Å². The first kappa shape index (κ1) is 12.6. The van der Waals surface area contributed by atoms with Gasteiger partial charge in [0.1, 0.15) is 10.9 Å². The summed E-state index contributed by atoms with van der Waals surface area (Å²) < 4.78 is 0. The SMILES string of the molecule is Cc1ncc(C(=O)Nc2cc(Cl)ccc2C#N)s1. The third kappa shape index (κ3) is 2.67. The summed E-state index contributed by atoms with van der Waals surface area (Å²) >= 11 is 7.13. The van der Waals surface area contributed by atoms with E-state index >= 15 is 0 Å². The Kier molecular flexibility index (Phi) is 3.60. The third-order valence-corrected chi connectivity index (χ3v) is 3.34. The number of benzene rings is 1. The molecule has 6 heteroatoms. The molecule has 0 bridgehead atoms. The average molecular weight is 278 g/mol. The van der Waals surface area contributed by atoms with Crippen LogP contribution in [0.25, 0.3) is 0 Å². The Hall–Kier alpha value is -1.90. The first-order valence-corrected chi connectivity index (χ1v) is 6.23. The lowest BCUT2D eigenvalue weighted by Gasteiger charge is -2.05. The Morgan fingerprint density at radius 3 is 2.94 bits per heavy atom. The standard InChI is InChI=1S/C12H8ClN3OS/c1-7-15-6-11(18-7)12(17)16-10-4-9(13)3-2-8(10)5-14/h2-4,6H,1H3,(H,16,17). The molecule has 1 aromatic heterocycles. The number of nitriles is 1. The molecule has 0 fully saturated rings. The van der Waals surface area contributed by atoms with Crippen LogP contribution in [-0.4, -0.2) is 10.9 Å². The minimum atomic E-state index is -0.292. The molecule has 0 saturated carbocycles. The first-order valence-electron chi connectivity index (χ1n) is 5.03. The summed E-state index contributed by atoms with van der Waals surface area (Å²) in [6.45, 7) is 1.82. The van der Waals surface area contributed by atoms with Crippen LogP contribution in [0.15, 0.2) is 24.4 Å². The largest absolute Gasteiger partial charge is 0.320 e. The molecular weight excluding hydrogens is 270 g/mol. The zero-order chi connectivity index (χ0) is 13.1. The number of carbonyl (C=O) groups is 1. The summed E-state index contributed by atoms with van der Waals surface area (Å²) in [5, 5.41) is 12.9. The second-order valence-electron chi connectivity index (χ2n) is 3.50. The second kappa shape index (κ2) is 5.17. The minimum absolute atomic E-state index is 0.292. The van der Waals surface area contributed by atoms with Gasteiger partial charge in [-0.2, -0.15) is 5.26 Å². The van der Waals surface area contributed by atoms with Crippen LogP contribution < -0.4 is 5.32 Å². The van der Waals surface area contributed by atoms with E-state index in [0.717, 1.165) is 5.01 Å². The molecule has 1 N–H and O–H groups in total. The van der Waals surface area contributed by atoms with E-state index in [1.165, 1.54) is 17.5 Å². The van der Waals surface area contributed by atoms with Gasteiger partial charge in [0.15, 0.2) is 0 Å². The number of hydrogen-bond donors (Lipinski definition) is 1. The van der Waals surface area contributed by atoms with Crippen LogP contribution in [0.4, 0.5) is 5.69 Å². The summed E-state index contributed by atoms with van der Waals surface area (Å²) in [6.07, 6.45) is 1.51. The van der Waals surface area contributed by atoms with Crippen LogP contribution in [0.2, 0.25) is 5.02 Å². The van der Waals surface area contributed by atoms with Gasteiger partial charge in [0.2, 0.25) is 0 Å². The monoisotopic (exact) mass is 277 g/mol. The van der Waals surface area contributed by atoms with Gasteiger partial charge in [-0.1, -0.05) is 11.6 Å². The Balaban J connectivity index is 2.27. The predicted octanol–water partition coefficient (Wildman–Crippen LogP) is 3.23. The lowest BCUT2D eigenvalue weighted by atomic mass is 10.2. The van der Waals surface area contributed by atoms with Crippen molar-refractivity contribution < 1.29 is 4.79 Å². The van der Waals surface area contributed by atoms with Gasteiger partial charge in [0.25, 0.3) is 5.91 Å². The zero-order valence-electron chi connectivity index (χ0n) is 9.40. The van der Waals surface area contributed by atoms with E-state index < -0.39 is 0 Å².